The maximum absolute atomic E-state index is 14.0. The summed E-state index contributed by atoms with van der Waals surface area (Å²) in [6.07, 6.45) is 1.04. The van der Waals surface area contributed by atoms with E-state index in [-0.39, 0.29) is 24.3 Å². The van der Waals surface area contributed by atoms with Gasteiger partial charge in [-0.25, -0.2) is 4.39 Å². The molecule has 0 aromatic heterocycles. The molecule has 3 nitrogen and oxygen atoms in total. The first kappa shape index (κ1) is 17.3. The second-order valence-corrected chi connectivity index (χ2v) is 5.35. The van der Waals surface area contributed by atoms with Crippen molar-refractivity contribution in [2.45, 2.75) is 33.3 Å². The lowest BCUT2D eigenvalue weighted by Crippen LogP contribution is -2.09. The standard InChI is InChI=1S/C18H18ClFO3/c1-3-12-8-9-13(10-15(12)19)22-11-14-16(20)6-5-7-17(14)23-18(21)4-2/h5-10H,3-4,11H2,1-2H3. The smallest absolute Gasteiger partial charge is 0.310 e. The molecule has 2 aromatic carbocycles. The summed E-state index contributed by atoms with van der Waals surface area (Å²) in [4.78, 5) is 11.4. The van der Waals surface area contributed by atoms with Crippen molar-refractivity contribution in [2.24, 2.45) is 0 Å². The van der Waals surface area contributed by atoms with E-state index in [0.717, 1.165) is 12.0 Å². The summed E-state index contributed by atoms with van der Waals surface area (Å²) in [6, 6.07) is 9.68. The molecule has 0 radical (unpaired) electrons. The zero-order valence-corrected chi connectivity index (χ0v) is 13.8. The molecule has 0 aliphatic carbocycles. The van der Waals surface area contributed by atoms with Crippen molar-refractivity contribution in [1.29, 1.82) is 0 Å². The van der Waals surface area contributed by atoms with Crippen LogP contribution in [0.1, 0.15) is 31.4 Å². The molecule has 5 heteroatoms. The van der Waals surface area contributed by atoms with Crippen LogP contribution in [0.5, 0.6) is 11.5 Å². The molecule has 0 fully saturated rings. The van der Waals surface area contributed by atoms with Crippen molar-refractivity contribution < 1.29 is 18.7 Å². The lowest BCUT2D eigenvalue weighted by atomic mass is 10.1. The Morgan fingerprint density at radius 2 is 2.00 bits per heavy atom. The summed E-state index contributed by atoms with van der Waals surface area (Å²) >= 11 is 6.14. The number of carbonyl (C=O) groups is 1. The fourth-order valence-electron chi connectivity index (χ4n) is 2.03. The second-order valence-electron chi connectivity index (χ2n) is 4.94. The van der Waals surface area contributed by atoms with E-state index in [1.807, 2.05) is 13.0 Å². The number of halogens is 2. The monoisotopic (exact) mass is 336 g/mol. The molecule has 122 valence electrons. The highest BCUT2D eigenvalue weighted by atomic mass is 35.5. The summed E-state index contributed by atoms with van der Waals surface area (Å²) in [7, 11) is 0. The van der Waals surface area contributed by atoms with Crippen molar-refractivity contribution in [3.05, 3.63) is 58.4 Å². The molecule has 0 aliphatic rings. The normalized spacial score (nSPS) is 10.4. The molecular weight excluding hydrogens is 319 g/mol. The molecule has 0 N–H and O–H groups in total. The largest absolute Gasteiger partial charge is 0.489 e. The zero-order chi connectivity index (χ0) is 16.8. The van der Waals surface area contributed by atoms with Gasteiger partial charge in [0.2, 0.25) is 0 Å². The molecule has 0 amide bonds. The van der Waals surface area contributed by atoms with Crippen LogP contribution in [-0.4, -0.2) is 5.97 Å². The second kappa shape index (κ2) is 7.97. The highest BCUT2D eigenvalue weighted by molar-refractivity contribution is 6.31. The number of hydrogen-bond donors (Lipinski definition) is 0. The van der Waals surface area contributed by atoms with Crippen LogP contribution in [-0.2, 0) is 17.8 Å². The highest BCUT2D eigenvalue weighted by Gasteiger charge is 2.13. The Hall–Kier alpha value is -2.07. The SMILES string of the molecule is CCC(=O)Oc1cccc(F)c1COc1ccc(CC)c(Cl)c1. The predicted octanol–water partition coefficient (Wildman–Crippen LogP) is 4.94. The van der Waals surface area contributed by atoms with Crippen molar-refractivity contribution in [1.82, 2.24) is 0 Å². The fraction of sp³-hybridized carbons (Fsp3) is 0.278. The molecule has 2 aromatic rings. The van der Waals surface area contributed by atoms with Crippen molar-refractivity contribution in [2.75, 3.05) is 0 Å². The van der Waals surface area contributed by atoms with Crippen LogP contribution >= 0.6 is 11.6 Å². The minimum absolute atomic E-state index is 0.0548. The van der Waals surface area contributed by atoms with E-state index in [9.17, 15) is 9.18 Å². The van der Waals surface area contributed by atoms with Crippen LogP contribution in [0.25, 0.3) is 0 Å². The minimum atomic E-state index is -0.484. The number of hydrogen-bond acceptors (Lipinski definition) is 3. The van der Waals surface area contributed by atoms with Gasteiger partial charge < -0.3 is 9.47 Å². The summed E-state index contributed by atoms with van der Waals surface area (Å²) < 4.78 is 24.7. The van der Waals surface area contributed by atoms with Gasteiger partial charge in [0.05, 0.1) is 5.56 Å². The molecule has 0 heterocycles. The highest BCUT2D eigenvalue weighted by Crippen LogP contribution is 2.27. The average molecular weight is 337 g/mol. The Balaban J connectivity index is 2.16. The third kappa shape index (κ3) is 4.45. The molecule has 2 rings (SSSR count). The minimum Gasteiger partial charge on any atom is -0.489 e. The molecule has 0 aliphatic heterocycles. The van der Waals surface area contributed by atoms with E-state index in [4.69, 9.17) is 21.1 Å². The average Bonchev–Trinajstić information content (AvgIpc) is 2.54. The van der Waals surface area contributed by atoms with Crippen molar-refractivity contribution in [3.8, 4) is 11.5 Å². The Morgan fingerprint density at radius 3 is 2.65 bits per heavy atom. The van der Waals surface area contributed by atoms with E-state index in [0.29, 0.717) is 10.8 Å². The van der Waals surface area contributed by atoms with Gasteiger partial charge in [0.15, 0.2) is 0 Å². The van der Waals surface area contributed by atoms with Gasteiger partial charge in [-0.1, -0.05) is 37.6 Å². The molecular formula is C18H18ClFO3. The van der Waals surface area contributed by atoms with E-state index >= 15 is 0 Å². The number of carbonyl (C=O) groups excluding carboxylic acids is 1. The lowest BCUT2D eigenvalue weighted by Gasteiger charge is -2.12. The Kier molecular flexibility index (Phi) is 5.99. The molecule has 0 unspecified atom stereocenters. The van der Waals surface area contributed by atoms with E-state index in [1.165, 1.54) is 12.1 Å². The van der Waals surface area contributed by atoms with Crippen LogP contribution in [0.4, 0.5) is 4.39 Å². The van der Waals surface area contributed by atoms with Gasteiger partial charge in [-0.3, -0.25) is 4.79 Å². The molecule has 0 spiro atoms. The Labute approximate surface area is 140 Å². The Bertz CT molecular complexity index is 701. The van der Waals surface area contributed by atoms with Gasteiger partial charge in [-0.05, 0) is 36.2 Å². The van der Waals surface area contributed by atoms with Gasteiger partial charge in [-0.15, -0.1) is 0 Å². The Morgan fingerprint density at radius 1 is 1.22 bits per heavy atom. The van der Waals surface area contributed by atoms with Crippen LogP contribution in [0.3, 0.4) is 0 Å². The summed E-state index contributed by atoms with van der Waals surface area (Å²) in [5.74, 6) is -0.203. The molecule has 0 atom stereocenters. The van der Waals surface area contributed by atoms with Gasteiger partial charge >= 0.3 is 5.97 Å². The van der Waals surface area contributed by atoms with Crippen LogP contribution < -0.4 is 9.47 Å². The van der Waals surface area contributed by atoms with Crippen LogP contribution in [0.15, 0.2) is 36.4 Å². The van der Waals surface area contributed by atoms with E-state index in [2.05, 4.69) is 0 Å². The first-order valence-electron chi connectivity index (χ1n) is 7.44. The van der Waals surface area contributed by atoms with Crippen molar-refractivity contribution >= 4 is 17.6 Å². The molecule has 0 bridgehead atoms. The quantitative estimate of drug-likeness (QED) is 0.554. The number of benzene rings is 2. The van der Waals surface area contributed by atoms with Crippen molar-refractivity contribution in [3.63, 3.8) is 0 Å². The van der Waals surface area contributed by atoms with E-state index in [1.54, 1.807) is 25.1 Å². The van der Waals surface area contributed by atoms with Gasteiger partial charge in [-0.2, -0.15) is 0 Å². The number of aryl methyl sites for hydroxylation is 1. The summed E-state index contributed by atoms with van der Waals surface area (Å²) in [5, 5.41) is 0.608. The maximum atomic E-state index is 14.0. The van der Waals surface area contributed by atoms with Gasteiger partial charge in [0.25, 0.3) is 0 Å². The molecule has 23 heavy (non-hydrogen) atoms. The first-order chi connectivity index (χ1) is 11.0. The number of esters is 1. The molecule has 0 saturated carbocycles. The summed E-state index contributed by atoms with van der Waals surface area (Å²) in [6.45, 7) is 3.63. The maximum Gasteiger partial charge on any atom is 0.310 e. The third-order valence-corrected chi connectivity index (χ3v) is 3.73. The number of rotatable bonds is 6. The van der Waals surface area contributed by atoms with Crippen LogP contribution in [0, 0.1) is 5.82 Å². The fourth-order valence-corrected chi connectivity index (χ4v) is 2.33. The molecule has 0 saturated heterocycles. The van der Waals surface area contributed by atoms with E-state index < -0.39 is 11.8 Å². The topological polar surface area (TPSA) is 35.5 Å². The third-order valence-electron chi connectivity index (χ3n) is 3.38. The van der Waals surface area contributed by atoms with Gasteiger partial charge in [0.1, 0.15) is 23.9 Å². The predicted molar refractivity (Wildman–Crippen MR) is 87.5 cm³/mol. The summed E-state index contributed by atoms with van der Waals surface area (Å²) in [5.41, 5.74) is 1.22. The lowest BCUT2D eigenvalue weighted by molar-refractivity contribution is -0.134. The first-order valence-corrected chi connectivity index (χ1v) is 7.82. The van der Waals surface area contributed by atoms with Gasteiger partial charge in [0, 0.05) is 11.4 Å². The number of ether oxygens (including phenoxy) is 2. The van der Waals surface area contributed by atoms with Crippen LogP contribution in [0.2, 0.25) is 5.02 Å². The zero-order valence-electron chi connectivity index (χ0n) is 13.1.